The summed E-state index contributed by atoms with van der Waals surface area (Å²) in [5.74, 6) is -0.109. The Morgan fingerprint density at radius 1 is 1.22 bits per heavy atom. The van der Waals surface area contributed by atoms with Crippen LogP contribution in [0.1, 0.15) is 66.1 Å². The highest BCUT2D eigenvalue weighted by molar-refractivity contribution is 6.08. The molecule has 1 aromatic heterocycles. The Morgan fingerprint density at radius 3 is 2.56 bits per heavy atom. The van der Waals surface area contributed by atoms with Gasteiger partial charge in [0.2, 0.25) is 0 Å². The zero-order chi connectivity index (χ0) is 19.6. The number of carbonyl (C=O) groups is 2. The maximum atomic E-state index is 12.8. The van der Waals surface area contributed by atoms with Crippen LogP contribution in [0.5, 0.6) is 0 Å². The van der Waals surface area contributed by atoms with Crippen molar-refractivity contribution in [2.75, 3.05) is 18.4 Å². The number of anilines is 1. The van der Waals surface area contributed by atoms with Crippen LogP contribution in [-0.2, 0) is 5.54 Å². The third-order valence-corrected chi connectivity index (χ3v) is 4.45. The smallest absolute Gasteiger partial charge is 0.276 e. The minimum absolute atomic E-state index is 0.198. The maximum absolute atomic E-state index is 12.8. The third kappa shape index (κ3) is 4.36. The Labute approximate surface area is 159 Å². The standard InChI is InChI=1S/C20H27N5O2/c1-20(2,3)25-17(13-8-9-13)12-16(24-25)19(27)23-15-7-5-4-6-14(15)18(26)22-11-10-21/h4-7,12-13H,8-11,21H2,1-3H3,(H,22,26)(H,23,27). The highest BCUT2D eigenvalue weighted by Crippen LogP contribution is 2.41. The number of benzene rings is 1. The number of nitrogens with zero attached hydrogens (tertiary/aromatic N) is 2. The van der Waals surface area contributed by atoms with Crippen LogP contribution in [-0.4, -0.2) is 34.7 Å². The SMILES string of the molecule is CC(C)(C)n1nc(C(=O)Nc2ccccc2C(=O)NCCN)cc1C1CC1. The molecule has 1 fully saturated rings. The second-order valence-electron chi connectivity index (χ2n) is 7.86. The van der Waals surface area contributed by atoms with Crippen molar-refractivity contribution in [1.29, 1.82) is 0 Å². The monoisotopic (exact) mass is 369 g/mol. The van der Waals surface area contributed by atoms with Gasteiger partial charge in [0.15, 0.2) is 5.69 Å². The Kier molecular flexibility index (Phi) is 5.32. The molecule has 144 valence electrons. The minimum atomic E-state index is -0.320. The fraction of sp³-hybridized carbons (Fsp3) is 0.450. The number of carbonyl (C=O) groups excluding carboxylic acids is 2. The van der Waals surface area contributed by atoms with Gasteiger partial charge in [0.05, 0.1) is 16.8 Å². The summed E-state index contributed by atoms with van der Waals surface area (Å²) in [4.78, 5) is 25.1. The van der Waals surface area contributed by atoms with Crippen molar-refractivity contribution in [1.82, 2.24) is 15.1 Å². The third-order valence-electron chi connectivity index (χ3n) is 4.45. The number of para-hydroxylation sites is 1. The van der Waals surface area contributed by atoms with E-state index in [1.807, 2.05) is 10.7 Å². The fourth-order valence-electron chi connectivity index (χ4n) is 2.97. The molecule has 0 saturated heterocycles. The molecular weight excluding hydrogens is 342 g/mol. The van der Waals surface area contributed by atoms with Crippen molar-refractivity contribution in [2.24, 2.45) is 5.73 Å². The van der Waals surface area contributed by atoms with Crippen LogP contribution in [0.3, 0.4) is 0 Å². The molecular formula is C20H27N5O2. The highest BCUT2D eigenvalue weighted by atomic mass is 16.2. The second kappa shape index (κ2) is 7.52. The van der Waals surface area contributed by atoms with Gasteiger partial charge in [-0.3, -0.25) is 14.3 Å². The molecule has 2 amide bonds. The second-order valence-corrected chi connectivity index (χ2v) is 7.86. The Balaban J connectivity index is 1.83. The van der Waals surface area contributed by atoms with Crippen molar-refractivity contribution >= 4 is 17.5 Å². The summed E-state index contributed by atoms with van der Waals surface area (Å²) in [5.41, 5.74) is 7.56. The van der Waals surface area contributed by atoms with Crippen molar-refractivity contribution in [3.05, 3.63) is 47.3 Å². The zero-order valence-electron chi connectivity index (χ0n) is 16.1. The Bertz CT molecular complexity index is 846. The van der Waals surface area contributed by atoms with Crippen LogP contribution in [0, 0.1) is 0 Å². The van der Waals surface area contributed by atoms with Crippen LogP contribution in [0.15, 0.2) is 30.3 Å². The van der Waals surface area contributed by atoms with Crippen molar-refractivity contribution in [2.45, 2.75) is 45.1 Å². The lowest BCUT2D eigenvalue weighted by molar-refractivity contribution is 0.0955. The molecule has 1 aliphatic rings. The molecule has 3 rings (SSSR count). The van der Waals surface area contributed by atoms with Crippen LogP contribution in [0.2, 0.25) is 0 Å². The van der Waals surface area contributed by atoms with Gasteiger partial charge in [0, 0.05) is 24.7 Å². The highest BCUT2D eigenvalue weighted by Gasteiger charge is 2.32. The first-order valence-electron chi connectivity index (χ1n) is 9.30. The van der Waals surface area contributed by atoms with Gasteiger partial charge in [-0.1, -0.05) is 12.1 Å². The Hall–Kier alpha value is -2.67. The van der Waals surface area contributed by atoms with Gasteiger partial charge in [-0.25, -0.2) is 0 Å². The summed E-state index contributed by atoms with van der Waals surface area (Å²) >= 11 is 0. The van der Waals surface area contributed by atoms with Crippen molar-refractivity contribution in [3.63, 3.8) is 0 Å². The number of nitrogens with two attached hydrogens (primary N) is 1. The summed E-state index contributed by atoms with van der Waals surface area (Å²) in [5, 5.41) is 10.1. The van der Waals surface area contributed by atoms with E-state index < -0.39 is 0 Å². The topological polar surface area (TPSA) is 102 Å². The van der Waals surface area contributed by atoms with Crippen LogP contribution in [0.4, 0.5) is 5.69 Å². The van der Waals surface area contributed by atoms with Gasteiger partial charge in [-0.15, -0.1) is 0 Å². The summed E-state index contributed by atoms with van der Waals surface area (Å²) < 4.78 is 1.94. The average Bonchev–Trinajstić information content (AvgIpc) is 3.36. The summed E-state index contributed by atoms with van der Waals surface area (Å²) in [6, 6.07) is 8.78. The van der Waals surface area contributed by atoms with E-state index >= 15 is 0 Å². The molecule has 7 heteroatoms. The van der Waals surface area contributed by atoms with Gasteiger partial charge < -0.3 is 16.4 Å². The van der Waals surface area contributed by atoms with Crippen LogP contribution < -0.4 is 16.4 Å². The van der Waals surface area contributed by atoms with E-state index in [2.05, 4.69) is 36.5 Å². The normalized spacial score (nSPS) is 14.1. The predicted octanol–water partition coefficient (Wildman–Crippen LogP) is 2.46. The van der Waals surface area contributed by atoms with E-state index in [4.69, 9.17) is 5.73 Å². The van der Waals surface area contributed by atoms with Gasteiger partial charge in [0.1, 0.15) is 0 Å². The first-order valence-corrected chi connectivity index (χ1v) is 9.30. The lowest BCUT2D eigenvalue weighted by atomic mass is 10.1. The van der Waals surface area contributed by atoms with E-state index in [-0.39, 0.29) is 17.4 Å². The van der Waals surface area contributed by atoms with E-state index in [0.717, 1.165) is 18.5 Å². The molecule has 4 N–H and O–H groups in total. The number of rotatable bonds is 6. The first-order chi connectivity index (χ1) is 12.8. The molecule has 1 aliphatic carbocycles. The summed E-state index contributed by atoms with van der Waals surface area (Å²) in [6.07, 6.45) is 2.26. The number of hydrogen-bond acceptors (Lipinski definition) is 4. The molecule has 1 aromatic carbocycles. The molecule has 1 saturated carbocycles. The predicted molar refractivity (Wildman–Crippen MR) is 105 cm³/mol. The first kappa shape index (κ1) is 19.1. The molecule has 0 radical (unpaired) electrons. The maximum Gasteiger partial charge on any atom is 0.276 e. The van der Waals surface area contributed by atoms with Crippen molar-refractivity contribution < 1.29 is 9.59 Å². The lowest BCUT2D eigenvalue weighted by Gasteiger charge is -2.22. The number of amides is 2. The fourth-order valence-corrected chi connectivity index (χ4v) is 2.97. The van der Waals surface area contributed by atoms with Gasteiger partial charge in [-0.2, -0.15) is 5.10 Å². The largest absolute Gasteiger partial charge is 0.351 e. The molecule has 0 unspecified atom stereocenters. The van der Waals surface area contributed by atoms with Crippen LogP contribution >= 0.6 is 0 Å². The summed E-state index contributed by atoms with van der Waals surface area (Å²) in [7, 11) is 0. The van der Waals surface area contributed by atoms with Gasteiger partial charge in [0.25, 0.3) is 11.8 Å². The Morgan fingerprint density at radius 2 is 1.93 bits per heavy atom. The summed E-state index contributed by atoms with van der Waals surface area (Å²) in [6.45, 7) is 6.95. The van der Waals surface area contributed by atoms with E-state index in [1.54, 1.807) is 24.3 Å². The molecule has 7 nitrogen and oxygen atoms in total. The lowest BCUT2D eigenvalue weighted by Crippen LogP contribution is -2.30. The van der Waals surface area contributed by atoms with Crippen LogP contribution in [0.25, 0.3) is 0 Å². The van der Waals surface area contributed by atoms with Gasteiger partial charge >= 0.3 is 0 Å². The molecule has 27 heavy (non-hydrogen) atoms. The minimum Gasteiger partial charge on any atom is -0.351 e. The number of aromatic nitrogens is 2. The number of nitrogens with one attached hydrogen (secondary N) is 2. The van der Waals surface area contributed by atoms with Gasteiger partial charge in [-0.05, 0) is 51.8 Å². The molecule has 0 bridgehead atoms. The molecule has 0 spiro atoms. The average molecular weight is 369 g/mol. The molecule has 2 aromatic rings. The van der Waals surface area contributed by atoms with E-state index in [0.29, 0.717) is 36.0 Å². The molecule has 0 atom stereocenters. The quantitative estimate of drug-likeness (QED) is 0.728. The molecule has 0 aliphatic heterocycles. The number of hydrogen-bond donors (Lipinski definition) is 3. The van der Waals surface area contributed by atoms with E-state index in [1.165, 1.54) is 0 Å². The van der Waals surface area contributed by atoms with Crippen molar-refractivity contribution in [3.8, 4) is 0 Å². The molecule has 1 heterocycles. The van der Waals surface area contributed by atoms with E-state index in [9.17, 15) is 9.59 Å². The zero-order valence-corrected chi connectivity index (χ0v) is 16.1.